The Labute approximate surface area is 128 Å². The highest BCUT2D eigenvalue weighted by molar-refractivity contribution is 6.42. The fourth-order valence-corrected chi connectivity index (χ4v) is 1.76. The van der Waals surface area contributed by atoms with Gasteiger partial charge in [0.1, 0.15) is 12.3 Å². The molecule has 0 bridgehead atoms. The molecule has 1 aromatic heterocycles. The molecule has 0 aliphatic carbocycles. The van der Waals surface area contributed by atoms with Crippen LogP contribution in [0.5, 0.6) is 5.75 Å². The fraction of sp³-hybridized carbons (Fsp3) is 0.0909. The lowest BCUT2D eigenvalue weighted by atomic mass is 10.3. The van der Waals surface area contributed by atoms with Crippen molar-refractivity contribution < 1.29 is 9.66 Å². The molecule has 1 aromatic carbocycles. The highest BCUT2D eigenvalue weighted by Gasteiger charge is 2.18. The second kappa shape index (κ2) is 6.21. The van der Waals surface area contributed by atoms with Gasteiger partial charge in [-0.2, -0.15) is 5.10 Å². The molecule has 0 N–H and O–H groups in total. The Bertz CT molecular complexity index is 649. The van der Waals surface area contributed by atoms with Crippen LogP contribution in [0, 0.1) is 10.1 Å². The van der Waals surface area contributed by atoms with Gasteiger partial charge in [0, 0.05) is 12.1 Å². The third kappa shape index (κ3) is 3.47. The van der Waals surface area contributed by atoms with E-state index in [2.05, 4.69) is 10.2 Å². The van der Waals surface area contributed by atoms with E-state index in [4.69, 9.17) is 39.5 Å². The average molecular weight is 335 g/mol. The molecule has 0 saturated heterocycles. The molecule has 0 fully saturated rings. The number of aromatic nitrogens is 2. The number of halogens is 3. The highest BCUT2D eigenvalue weighted by Crippen LogP contribution is 2.35. The molecular formula is C11H6Cl3N3O3. The Balaban J connectivity index is 2.22. The average Bonchev–Trinajstić information content (AvgIpc) is 2.41. The van der Waals surface area contributed by atoms with E-state index in [9.17, 15) is 10.1 Å². The van der Waals surface area contributed by atoms with Gasteiger partial charge in [0.05, 0.1) is 15.0 Å². The second-order valence-electron chi connectivity index (χ2n) is 3.63. The van der Waals surface area contributed by atoms with Gasteiger partial charge in [0.2, 0.25) is 0 Å². The lowest BCUT2D eigenvalue weighted by Crippen LogP contribution is -2.02. The molecule has 0 unspecified atom stereocenters. The van der Waals surface area contributed by atoms with E-state index in [1.807, 2.05) is 0 Å². The van der Waals surface area contributed by atoms with Gasteiger partial charge in [0.15, 0.2) is 10.9 Å². The molecule has 0 spiro atoms. The molecule has 1 heterocycles. The Morgan fingerprint density at radius 1 is 1.15 bits per heavy atom. The van der Waals surface area contributed by atoms with Gasteiger partial charge in [-0.25, -0.2) is 0 Å². The molecule has 0 radical (unpaired) electrons. The smallest absolute Gasteiger partial charge is 0.312 e. The predicted octanol–water partition coefficient (Wildman–Crippen LogP) is 3.92. The van der Waals surface area contributed by atoms with Crippen LogP contribution in [-0.2, 0) is 6.61 Å². The first kappa shape index (κ1) is 14.8. The summed E-state index contributed by atoms with van der Waals surface area (Å²) in [5, 5.41) is 18.8. The lowest BCUT2D eigenvalue weighted by molar-refractivity contribution is -0.385. The Kier molecular flexibility index (Phi) is 4.59. The van der Waals surface area contributed by atoms with Gasteiger partial charge in [0.25, 0.3) is 0 Å². The zero-order valence-corrected chi connectivity index (χ0v) is 12.0. The third-order valence-electron chi connectivity index (χ3n) is 2.26. The molecule has 104 valence electrons. The summed E-state index contributed by atoms with van der Waals surface area (Å²) in [7, 11) is 0. The number of hydrogen-bond acceptors (Lipinski definition) is 5. The summed E-state index contributed by atoms with van der Waals surface area (Å²) in [4.78, 5) is 10.3. The van der Waals surface area contributed by atoms with Crippen LogP contribution in [0.15, 0.2) is 24.3 Å². The van der Waals surface area contributed by atoms with Crippen LogP contribution in [0.3, 0.4) is 0 Å². The number of hydrogen-bond donors (Lipinski definition) is 0. The molecule has 0 aliphatic heterocycles. The zero-order chi connectivity index (χ0) is 14.7. The van der Waals surface area contributed by atoms with E-state index >= 15 is 0 Å². The fourth-order valence-electron chi connectivity index (χ4n) is 1.35. The van der Waals surface area contributed by atoms with Gasteiger partial charge in [-0.3, -0.25) is 10.1 Å². The quantitative estimate of drug-likeness (QED) is 0.625. The highest BCUT2D eigenvalue weighted by atomic mass is 35.5. The molecule has 0 aliphatic rings. The van der Waals surface area contributed by atoms with Crippen molar-refractivity contribution in [1.82, 2.24) is 10.2 Å². The van der Waals surface area contributed by atoms with E-state index in [1.165, 1.54) is 12.1 Å². The normalized spacial score (nSPS) is 10.3. The third-order valence-corrected chi connectivity index (χ3v) is 3.19. The molecule has 2 rings (SSSR count). The number of nitro groups is 1. The molecule has 9 heteroatoms. The van der Waals surface area contributed by atoms with Gasteiger partial charge < -0.3 is 4.74 Å². The lowest BCUT2D eigenvalue weighted by Gasteiger charge is -2.07. The van der Waals surface area contributed by atoms with Crippen LogP contribution in [0.2, 0.25) is 15.2 Å². The van der Waals surface area contributed by atoms with E-state index in [-0.39, 0.29) is 33.2 Å². The van der Waals surface area contributed by atoms with Gasteiger partial charge in [-0.05, 0) is 12.1 Å². The largest absolute Gasteiger partial charge is 0.480 e. The molecule has 20 heavy (non-hydrogen) atoms. The maximum atomic E-state index is 10.9. The van der Waals surface area contributed by atoms with Crippen LogP contribution in [0.1, 0.15) is 5.69 Å². The summed E-state index contributed by atoms with van der Waals surface area (Å²) < 4.78 is 5.33. The van der Waals surface area contributed by atoms with Crippen LogP contribution in [0.25, 0.3) is 0 Å². The van der Waals surface area contributed by atoms with Crippen molar-refractivity contribution in [3.8, 4) is 5.75 Å². The minimum Gasteiger partial charge on any atom is -0.480 e. The molecule has 0 saturated carbocycles. The summed E-state index contributed by atoms with van der Waals surface area (Å²) in [5.41, 5.74) is 0.191. The summed E-state index contributed by atoms with van der Waals surface area (Å²) in [6.07, 6.45) is 0. The summed E-state index contributed by atoms with van der Waals surface area (Å²) in [5.74, 6) is 0.00106. The maximum Gasteiger partial charge on any atom is 0.312 e. The molecular weight excluding hydrogens is 328 g/mol. The van der Waals surface area contributed by atoms with E-state index in [1.54, 1.807) is 6.07 Å². The van der Waals surface area contributed by atoms with Gasteiger partial charge in [-0.1, -0.05) is 34.8 Å². The van der Waals surface area contributed by atoms with Gasteiger partial charge in [-0.15, -0.1) is 5.10 Å². The summed E-state index contributed by atoms with van der Waals surface area (Å²) >= 11 is 17.1. The Morgan fingerprint density at radius 3 is 2.45 bits per heavy atom. The number of nitrogens with zero attached hydrogens (tertiary/aromatic N) is 3. The van der Waals surface area contributed by atoms with E-state index in [0.29, 0.717) is 5.69 Å². The topological polar surface area (TPSA) is 78.2 Å². The first-order valence-electron chi connectivity index (χ1n) is 5.21. The van der Waals surface area contributed by atoms with Crippen molar-refractivity contribution in [2.45, 2.75) is 6.61 Å². The molecule has 2 aromatic rings. The minimum absolute atomic E-state index is 0.00106. The minimum atomic E-state index is -0.606. The monoisotopic (exact) mass is 333 g/mol. The summed E-state index contributed by atoms with van der Waals surface area (Å²) in [6.45, 7) is -0.0109. The van der Waals surface area contributed by atoms with Crippen molar-refractivity contribution >= 4 is 40.5 Å². The first-order valence-corrected chi connectivity index (χ1v) is 6.35. The SMILES string of the molecule is O=[N+]([O-])c1cc(Cl)c(Cl)cc1OCc1ccc(Cl)nn1. The van der Waals surface area contributed by atoms with E-state index < -0.39 is 4.92 Å². The number of nitro benzene ring substituents is 1. The number of ether oxygens (including phenoxy) is 1. The molecule has 0 amide bonds. The number of rotatable bonds is 4. The standard InChI is InChI=1S/C11H6Cl3N3O3/c12-7-3-9(17(18)19)10(4-8(7)13)20-5-6-1-2-11(14)16-15-6/h1-4H,5H2. The van der Waals surface area contributed by atoms with Crippen molar-refractivity contribution in [2.75, 3.05) is 0 Å². The van der Waals surface area contributed by atoms with Crippen LogP contribution >= 0.6 is 34.8 Å². The number of benzene rings is 1. The van der Waals surface area contributed by atoms with Crippen LogP contribution in [-0.4, -0.2) is 15.1 Å². The van der Waals surface area contributed by atoms with Crippen molar-refractivity contribution in [3.05, 3.63) is 55.3 Å². The van der Waals surface area contributed by atoms with Crippen molar-refractivity contribution in [1.29, 1.82) is 0 Å². The molecule has 6 nitrogen and oxygen atoms in total. The molecule has 0 atom stereocenters. The van der Waals surface area contributed by atoms with Crippen LogP contribution < -0.4 is 4.74 Å². The van der Waals surface area contributed by atoms with Crippen LogP contribution in [0.4, 0.5) is 5.69 Å². The Hall–Kier alpha value is -1.63. The van der Waals surface area contributed by atoms with Crippen molar-refractivity contribution in [3.63, 3.8) is 0 Å². The second-order valence-corrected chi connectivity index (χ2v) is 4.83. The first-order chi connectivity index (χ1) is 9.47. The van der Waals surface area contributed by atoms with Gasteiger partial charge >= 0.3 is 5.69 Å². The maximum absolute atomic E-state index is 10.9. The Morgan fingerprint density at radius 2 is 1.85 bits per heavy atom. The van der Waals surface area contributed by atoms with Crippen molar-refractivity contribution in [2.24, 2.45) is 0 Å². The zero-order valence-electron chi connectivity index (χ0n) is 9.72. The van der Waals surface area contributed by atoms with E-state index in [0.717, 1.165) is 6.07 Å². The summed E-state index contributed by atoms with van der Waals surface area (Å²) in [6, 6.07) is 5.55. The predicted molar refractivity (Wildman–Crippen MR) is 74.5 cm³/mol.